The highest BCUT2D eigenvalue weighted by atomic mass is 35.5. The van der Waals surface area contributed by atoms with Crippen LogP contribution < -0.4 is 15.5 Å². The molecular formula is C19H20ClN3O2. The zero-order valence-electron chi connectivity index (χ0n) is 13.7. The molecule has 1 aliphatic heterocycles. The zero-order chi connectivity index (χ0) is 17.6. The average Bonchev–Trinajstić information content (AvgIpc) is 3.02. The maximum atomic E-state index is 12.3. The van der Waals surface area contributed by atoms with Gasteiger partial charge in [-0.3, -0.25) is 9.69 Å². The molecule has 1 saturated heterocycles. The van der Waals surface area contributed by atoms with Crippen LogP contribution in [0.2, 0.25) is 5.02 Å². The minimum atomic E-state index is -0.542. The van der Waals surface area contributed by atoms with Gasteiger partial charge >= 0.3 is 6.03 Å². The molecule has 25 heavy (non-hydrogen) atoms. The number of halogens is 1. The maximum absolute atomic E-state index is 12.3. The molecule has 3 amide bonds. The van der Waals surface area contributed by atoms with Gasteiger partial charge < -0.3 is 10.6 Å². The van der Waals surface area contributed by atoms with E-state index in [1.807, 2.05) is 18.2 Å². The van der Waals surface area contributed by atoms with Crippen molar-refractivity contribution in [1.82, 2.24) is 10.6 Å². The van der Waals surface area contributed by atoms with E-state index in [1.165, 1.54) is 5.56 Å². The molecule has 3 rings (SSSR count). The Morgan fingerprint density at radius 1 is 1.16 bits per heavy atom. The number of aryl methyl sites for hydroxylation is 1. The second kappa shape index (κ2) is 8.03. The Balaban J connectivity index is 1.46. The van der Waals surface area contributed by atoms with Crippen molar-refractivity contribution in [2.45, 2.75) is 18.9 Å². The van der Waals surface area contributed by atoms with Gasteiger partial charge in [-0.05, 0) is 42.7 Å². The van der Waals surface area contributed by atoms with E-state index in [2.05, 4.69) is 22.8 Å². The molecule has 0 spiro atoms. The number of nitrogens with zero attached hydrogens (tertiary/aromatic N) is 1. The first-order chi connectivity index (χ1) is 12.1. The van der Waals surface area contributed by atoms with Gasteiger partial charge in [-0.1, -0.05) is 41.9 Å². The van der Waals surface area contributed by atoms with Gasteiger partial charge in [-0.25, -0.2) is 4.79 Å². The predicted octanol–water partition coefficient (Wildman–Crippen LogP) is 2.99. The molecule has 5 nitrogen and oxygen atoms in total. The fraction of sp³-hybridized carbons (Fsp3) is 0.263. The smallest absolute Gasteiger partial charge is 0.322 e. The molecule has 130 valence electrons. The van der Waals surface area contributed by atoms with Crippen molar-refractivity contribution in [3.8, 4) is 0 Å². The van der Waals surface area contributed by atoms with Crippen molar-refractivity contribution in [1.29, 1.82) is 0 Å². The van der Waals surface area contributed by atoms with E-state index in [-0.39, 0.29) is 11.9 Å². The van der Waals surface area contributed by atoms with E-state index < -0.39 is 6.04 Å². The van der Waals surface area contributed by atoms with Crippen LogP contribution in [0.3, 0.4) is 0 Å². The van der Waals surface area contributed by atoms with Crippen molar-refractivity contribution in [2.24, 2.45) is 0 Å². The average molecular weight is 358 g/mol. The molecule has 1 atom stereocenters. The Morgan fingerprint density at radius 2 is 1.88 bits per heavy atom. The predicted molar refractivity (Wildman–Crippen MR) is 98.9 cm³/mol. The van der Waals surface area contributed by atoms with Gasteiger partial charge in [0.2, 0.25) is 5.91 Å². The number of urea groups is 1. The number of amides is 3. The molecule has 1 unspecified atom stereocenters. The summed E-state index contributed by atoms with van der Waals surface area (Å²) in [5, 5.41) is 6.22. The minimum Gasteiger partial charge on any atom is -0.354 e. The van der Waals surface area contributed by atoms with Crippen LogP contribution in [0.15, 0.2) is 54.6 Å². The lowest BCUT2D eigenvalue weighted by atomic mass is 10.1. The third kappa shape index (κ3) is 4.51. The molecule has 0 aliphatic carbocycles. The molecule has 6 heteroatoms. The van der Waals surface area contributed by atoms with E-state index in [4.69, 9.17) is 11.6 Å². The van der Waals surface area contributed by atoms with Crippen LogP contribution in [0.5, 0.6) is 0 Å². The number of hydrogen-bond acceptors (Lipinski definition) is 2. The first kappa shape index (κ1) is 17.3. The topological polar surface area (TPSA) is 61.4 Å². The van der Waals surface area contributed by atoms with E-state index in [9.17, 15) is 9.59 Å². The molecule has 1 heterocycles. The highest BCUT2D eigenvalue weighted by Crippen LogP contribution is 2.20. The van der Waals surface area contributed by atoms with Gasteiger partial charge in [0.05, 0.1) is 6.54 Å². The van der Waals surface area contributed by atoms with Crippen molar-refractivity contribution in [3.63, 3.8) is 0 Å². The van der Waals surface area contributed by atoms with Gasteiger partial charge in [-0.2, -0.15) is 0 Å². The zero-order valence-corrected chi connectivity index (χ0v) is 14.5. The number of nitrogens with one attached hydrogen (secondary N) is 2. The molecule has 0 radical (unpaired) electrons. The SMILES string of the molecule is O=C(NCCCc1ccccc1)C1CN(c2ccc(Cl)cc2)C(=O)N1. The second-order valence-corrected chi connectivity index (χ2v) is 6.41. The Hall–Kier alpha value is -2.53. The molecular weight excluding hydrogens is 338 g/mol. The van der Waals surface area contributed by atoms with Gasteiger partial charge in [0.15, 0.2) is 0 Å². The number of benzene rings is 2. The quantitative estimate of drug-likeness (QED) is 0.781. The molecule has 2 aromatic rings. The van der Waals surface area contributed by atoms with Gasteiger partial charge in [0, 0.05) is 17.3 Å². The summed E-state index contributed by atoms with van der Waals surface area (Å²) in [7, 11) is 0. The van der Waals surface area contributed by atoms with Crippen LogP contribution in [0.1, 0.15) is 12.0 Å². The summed E-state index contributed by atoms with van der Waals surface area (Å²) in [5.41, 5.74) is 1.97. The first-order valence-corrected chi connectivity index (χ1v) is 8.66. The van der Waals surface area contributed by atoms with Crippen LogP contribution in [0, 0.1) is 0 Å². The summed E-state index contributed by atoms with van der Waals surface area (Å²) < 4.78 is 0. The second-order valence-electron chi connectivity index (χ2n) is 5.97. The summed E-state index contributed by atoms with van der Waals surface area (Å²) in [6.07, 6.45) is 1.77. The summed E-state index contributed by atoms with van der Waals surface area (Å²) in [6, 6.07) is 16.3. The number of carbonyl (C=O) groups is 2. The molecule has 0 aromatic heterocycles. The minimum absolute atomic E-state index is 0.155. The third-order valence-corrected chi connectivity index (χ3v) is 4.40. The fourth-order valence-electron chi connectivity index (χ4n) is 2.80. The Kier molecular flexibility index (Phi) is 5.56. The standard InChI is InChI=1S/C19H20ClN3O2/c20-15-8-10-16(11-9-15)23-13-17(22-19(23)25)18(24)21-12-4-7-14-5-2-1-3-6-14/h1-3,5-6,8-11,17H,4,7,12-13H2,(H,21,24)(H,22,25). The van der Waals surface area contributed by atoms with Gasteiger partial charge in [-0.15, -0.1) is 0 Å². The highest BCUT2D eigenvalue weighted by Gasteiger charge is 2.34. The monoisotopic (exact) mass is 357 g/mol. The van der Waals surface area contributed by atoms with Crippen molar-refractivity contribution < 1.29 is 9.59 Å². The van der Waals surface area contributed by atoms with Crippen LogP contribution >= 0.6 is 11.6 Å². The fourth-order valence-corrected chi connectivity index (χ4v) is 2.93. The van der Waals surface area contributed by atoms with Crippen molar-refractivity contribution >= 4 is 29.2 Å². The number of carbonyl (C=O) groups excluding carboxylic acids is 2. The summed E-state index contributed by atoms with van der Waals surface area (Å²) in [5.74, 6) is -0.155. The molecule has 2 N–H and O–H groups in total. The molecule has 0 saturated carbocycles. The molecule has 2 aromatic carbocycles. The summed E-state index contributed by atoms with van der Waals surface area (Å²) >= 11 is 5.87. The number of hydrogen-bond donors (Lipinski definition) is 2. The summed E-state index contributed by atoms with van der Waals surface area (Å²) in [6.45, 7) is 0.895. The number of rotatable bonds is 6. The van der Waals surface area contributed by atoms with E-state index in [0.29, 0.717) is 18.1 Å². The van der Waals surface area contributed by atoms with Crippen molar-refractivity contribution in [2.75, 3.05) is 18.0 Å². The van der Waals surface area contributed by atoms with Crippen LogP contribution in [0.25, 0.3) is 0 Å². The van der Waals surface area contributed by atoms with E-state index in [0.717, 1.165) is 18.5 Å². The van der Waals surface area contributed by atoms with Gasteiger partial charge in [0.1, 0.15) is 6.04 Å². The lowest BCUT2D eigenvalue weighted by Gasteiger charge is -2.14. The van der Waals surface area contributed by atoms with E-state index >= 15 is 0 Å². The van der Waals surface area contributed by atoms with Crippen molar-refractivity contribution in [3.05, 3.63) is 65.2 Å². The maximum Gasteiger partial charge on any atom is 0.322 e. The third-order valence-electron chi connectivity index (χ3n) is 4.15. The largest absolute Gasteiger partial charge is 0.354 e. The molecule has 1 aliphatic rings. The highest BCUT2D eigenvalue weighted by molar-refractivity contribution is 6.30. The Bertz CT molecular complexity index is 734. The number of anilines is 1. The summed E-state index contributed by atoms with van der Waals surface area (Å²) in [4.78, 5) is 25.9. The Morgan fingerprint density at radius 3 is 2.60 bits per heavy atom. The van der Waals surface area contributed by atoms with Crippen LogP contribution in [-0.2, 0) is 11.2 Å². The lowest BCUT2D eigenvalue weighted by Crippen LogP contribution is -2.43. The lowest BCUT2D eigenvalue weighted by molar-refractivity contribution is -0.122. The molecule has 0 bridgehead atoms. The van der Waals surface area contributed by atoms with Gasteiger partial charge in [0.25, 0.3) is 0 Å². The Labute approximate surface area is 152 Å². The van der Waals surface area contributed by atoms with Crippen LogP contribution in [0.4, 0.5) is 10.5 Å². The first-order valence-electron chi connectivity index (χ1n) is 8.29. The van der Waals surface area contributed by atoms with E-state index in [1.54, 1.807) is 29.2 Å². The van der Waals surface area contributed by atoms with Crippen LogP contribution in [-0.4, -0.2) is 31.1 Å². The molecule has 1 fully saturated rings. The normalized spacial score (nSPS) is 16.6.